The van der Waals surface area contributed by atoms with Crippen LogP contribution in [-0.4, -0.2) is 20.2 Å². The molecule has 0 saturated carbocycles. The molecule has 0 spiro atoms. The van der Waals surface area contributed by atoms with E-state index >= 15 is 0 Å². The summed E-state index contributed by atoms with van der Waals surface area (Å²) >= 11 is 3.28. The molecule has 0 aromatic heterocycles. The fraction of sp³-hybridized carbons (Fsp3) is 0.571. The highest BCUT2D eigenvalue weighted by molar-refractivity contribution is 9.10. The lowest BCUT2D eigenvalue weighted by Crippen LogP contribution is -2.31. The molecule has 1 aromatic carbocycles. The van der Waals surface area contributed by atoms with Gasteiger partial charge in [0.15, 0.2) is 0 Å². The highest BCUT2D eigenvalue weighted by atomic mass is 79.9. The lowest BCUT2D eigenvalue weighted by atomic mass is 9.91. The quantitative estimate of drug-likeness (QED) is 0.922. The van der Waals surface area contributed by atoms with Crippen LogP contribution in [0.25, 0.3) is 0 Å². The number of benzene rings is 1. The van der Waals surface area contributed by atoms with Gasteiger partial charge in [0.05, 0.1) is 11.6 Å². The molecule has 1 N–H and O–H groups in total. The van der Waals surface area contributed by atoms with Gasteiger partial charge in [-0.3, -0.25) is 0 Å². The second kappa shape index (κ2) is 6.02. The van der Waals surface area contributed by atoms with E-state index in [0.717, 1.165) is 25.1 Å². The van der Waals surface area contributed by atoms with Crippen LogP contribution in [0.1, 0.15) is 24.0 Å². The van der Waals surface area contributed by atoms with Gasteiger partial charge in [-0.05, 0) is 72.8 Å². The van der Waals surface area contributed by atoms with Crippen LogP contribution in [0, 0.1) is 18.7 Å². The number of halogens is 2. The number of nitrogens with one attached hydrogen (secondary N) is 1. The molecule has 1 aliphatic heterocycles. The van der Waals surface area contributed by atoms with Crippen LogP contribution in [0.4, 0.5) is 4.39 Å². The van der Waals surface area contributed by atoms with Gasteiger partial charge in [0.1, 0.15) is 11.6 Å². The zero-order valence-corrected chi connectivity index (χ0v) is 12.4. The lowest BCUT2D eigenvalue weighted by Gasteiger charge is -2.24. The summed E-state index contributed by atoms with van der Waals surface area (Å²) in [5.74, 6) is 1.09. The summed E-state index contributed by atoms with van der Waals surface area (Å²) in [5.41, 5.74) is 1.68. The molecule has 1 heterocycles. The molecule has 100 valence electrons. The Morgan fingerprint density at radius 1 is 1.56 bits per heavy atom. The number of ether oxygens (including phenoxy) is 1. The van der Waals surface area contributed by atoms with Crippen molar-refractivity contribution in [2.24, 2.45) is 5.92 Å². The zero-order chi connectivity index (χ0) is 13.1. The predicted molar refractivity (Wildman–Crippen MR) is 74.7 cm³/mol. The van der Waals surface area contributed by atoms with Gasteiger partial charge < -0.3 is 10.1 Å². The number of rotatable bonds is 3. The molecule has 1 atom stereocenters. The van der Waals surface area contributed by atoms with E-state index in [9.17, 15) is 4.39 Å². The van der Waals surface area contributed by atoms with Gasteiger partial charge in [-0.2, -0.15) is 0 Å². The number of hydrogen-bond donors (Lipinski definition) is 1. The molecule has 1 aliphatic rings. The molecule has 1 unspecified atom stereocenters. The Bertz CT molecular complexity index is 430. The van der Waals surface area contributed by atoms with E-state index in [2.05, 4.69) is 21.2 Å². The smallest absolute Gasteiger partial charge is 0.143 e. The Morgan fingerprint density at radius 2 is 2.33 bits per heavy atom. The number of piperidine rings is 1. The molecular formula is C14H19BrFNO. The van der Waals surface area contributed by atoms with Crippen molar-refractivity contribution in [3.8, 4) is 5.75 Å². The Balaban J connectivity index is 2.25. The molecule has 1 saturated heterocycles. The fourth-order valence-corrected chi connectivity index (χ4v) is 3.22. The Hall–Kier alpha value is -0.610. The Morgan fingerprint density at radius 3 is 2.94 bits per heavy atom. The van der Waals surface area contributed by atoms with Crippen LogP contribution in [0.3, 0.4) is 0 Å². The van der Waals surface area contributed by atoms with E-state index < -0.39 is 0 Å². The number of methoxy groups -OCH3 is 1. The summed E-state index contributed by atoms with van der Waals surface area (Å²) < 4.78 is 19.7. The van der Waals surface area contributed by atoms with Gasteiger partial charge in [0.25, 0.3) is 0 Å². The highest BCUT2D eigenvalue weighted by Crippen LogP contribution is 2.33. The van der Waals surface area contributed by atoms with E-state index in [1.54, 1.807) is 14.0 Å². The summed E-state index contributed by atoms with van der Waals surface area (Å²) in [6.45, 7) is 3.92. The molecule has 4 heteroatoms. The minimum Gasteiger partial charge on any atom is -0.496 e. The maximum atomic E-state index is 13.8. The molecule has 0 amide bonds. The molecule has 2 nitrogen and oxygen atoms in total. The third kappa shape index (κ3) is 2.86. The summed E-state index contributed by atoms with van der Waals surface area (Å²) in [5, 5.41) is 3.41. The van der Waals surface area contributed by atoms with Crippen LogP contribution in [-0.2, 0) is 6.42 Å². The topological polar surface area (TPSA) is 21.3 Å². The maximum absolute atomic E-state index is 13.8. The number of hydrogen-bond acceptors (Lipinski definition) is 2. The molecular weight excluding hydrogens is 297 g/mol. The Kier molecular flexibility index (Phi) is 4.62. The van der Waals surface area contributed by atoms with E-state index in [1.807, 2.05) is 6.07 Å². The first-order valence-electron chi connectivity index (χ1n) is 6.35. The third-order valence-electron chi connectivity index (χ3n) is 3.58. The minimum atomic E-state index is -0.225. The normalized spacial score (nSPS) is 19.9. The molecule has 0 aliphatic carbocycles. The van der Waals surface area contributed by atoms with Gasteiger partial charge >= 0.3 is 0 Å². The average molecular weight is 316 g/mol. The third-order valence-corrected chi connectivity index (χ3v) is 4.16. The first-order chi connectivity index (χ1) is 8.63. The monoisotopic (exact) mass is 315 g/mol. The lowest BCUT2D eigenvalue weighted by molar-refractivity contribution is 0.361. The van der Waals surface area contributed by atoms with Crippen LogP contribution in [0.2, 0.25) is 0 Å². The summed E-state index contributed by atoms with van der Waals surface area (Å²) in [6, 6.07) is 1.86. The summed E-state index contributed by atoms with van der Waals surface area (Å²) in [7, 11) is 1.61. The van der Waals surface area contributed by atoms with Crippen molar-refractivity contribution in [2.45, 2.75) is 26.2 Å². The van der Waals surface area contributed by atoms with Crippen LogP contribution >= 0.6 is 15.9 Å². The van der Waals surface area contributed by atoms with Crippen LogP contribution in [0.5, 0.6) is 5.75 Å². The van der Waals surface area contributed by atoms with E-state index in [-0.39, 0.29) is 5.82 Å². The average Bonchev–Trinajstić information content (AvgIpc) is 2.38. The maximum Gasteiger partial charge on any atom is 0.143 e. The van der Waals surface area contributed by atoms with Crippen LogP contribution < -0.4 is 10.1 Å². The van der Waals surface area contributed by atoms with E-state index in [4.69, 9.17) is 4.74 Å². The van der Waals surface area contributed by atoms with Gasteiger partial charge in [-0.15, -0.1) is 0 Å². The summed E-state index contributed by atoms with van der Waals surface area (Å²) in [4.78, 5) is 0. The molecule has 0 radical (unpaired) electrons. The first-order valence-corrected chi connectivity index (χ1v) is 7.15. The minimum absolute atomic E-state index is 0.225. The Labute approximate surface area is 116 Å². The van der Waals surface area contributed by atoms with Crippen molar-refractivity contribution in [2.75, 3.05) is 20.2 Å². The summed E-state index contributed by atoms with van der Waals surface area (Å²) in [6.07, 6.45) is 3.38. The van der Waals surface area contributed by atoms with Crippen LogP contribution in [0.15, 0.2) is 10.5 Å². The molecule has 1 aromatic rings. The van der Waals surface area contributed by atoms with Crippen molar-refractivity contribution in [3.63, 3.8) is 0 Å². The SMILES string of the molecule is COc1c(CC2CCCNC2)cc(Br)c(F)c1C. The van der Waals surface area contributed by atoms with Crippen molar-refractivity contribution in [1.29, 1.82) is 0 Å². The fourth-order valence-electron chi connectivity index (χ4n) is 2.65. The molecule has 2 rings (SSSR count). The van der Waals surface area contributed by atoms with Crippen molar-refractivity contribution < 1.29 is 9.13 Å². The second-order valence-corrected chi connectivity index (χ2v) is 5.76. The van der Waals surface area contributed by atoms with Gasteiger partial charge in [0.2, 0.25) is 0 Å². The standard InChI is InChI=1S/C14H19BrFNO/c1-9-13(16)12(15)7-11(14(9)18-2)6-10-4-3-5-17-8-10/h7,10,17H,3-6,8H2,1-2H3. The van der Waals surface area contributed by atoms with Crippen molar-refractivity contribution in [1.82, 2.24) is 5.32 Å². The predicted octanol–water partition coefficient (Wildman–Crippen LogP) is 3.45. The largest absolute Gasteiger partial charge is 0.496 e. The molecule has 18 heavy (non-hydrogen) atoms. The van der Waals surface area contributed by atoms with Crippen molar-refractivity contribution >= 4 is 15.9 Å². The molecule has 1 fully saturated rings. The van der Waals surface area contributed by atoms with Gasteiger partial charge in [-0.1, -0.05) is 0 Å². The first kappa shape index (κ1) is 13.8. The van der Waals surface area contributed by atoms with E-state index in [0.29, 0.717) is 21.7 Å². The zero-order valence-electron chi connectivity index (χ0n) is 10.9. The van der Waals surface area contributed by atoms with E-state index in [1.165, 1.54) is 12.8 Å². The van der Waals surface area contributed by atoms with Crippen molar-refractivity contribution in [3.05, 3.63) is 27.5 Å². The van der Waals surface area contributed by atoms with Gasteiger partial charge in [-0.25, -0.2) is 4.39 Å². The molecule has 0 bridgehead atoms. The highest BCUT2D eigenvalue weighted by Gasteiger charge is 2.19. The van der Waals surface area contributed by atoms with Gasteiger partial charge in [0, 0.05) is 5.56 Å². The second-order valence-electron chi connectivity index (χ2n) is 4.91.